The number of tetrazole rings is 1. The van der Waals surface area contributed by atoms with Gasteiger partial charge in [-0.3, -0.25) is 9.36 Å². The van der Waals surface area contributed by atoms with Crippen molar-refractivity contribution < 1.29 is 4.79 Å². The molecule has 0 fully saturated rings. The van der Waals surface area contributed by atoms with Crippen LogP contribution in [-0.2, 0) is 12.8 Å². The minimum absolute atomic E-state index is 0.115. The average Bonchev–Trinajstić information content (AvgIpc) is 3.40. The lowest BCUT2D eigenvalue weighted by atomic mass is 9.95. The predicted octanol–water partition coefficient (Wildman–Crippen LogP) is 4.71. The lowest BCUT2D eigenvalue weighted by Crippen LogP contribution is -2.26. The number of carbonyl (C=O) groups is 1. The molecule has 0 aliphatic heterocycles. The second kappa shape index (κ2) is 8.07. The van der Waals surface area contributed by atoms with E-state index in [1.54, 1.807) is 4.68 Å². The summed E-state index contributed by atoms with van der Waals surface area (Å²) in [6.45, 7) is 2.05. The topological polar surface area (TPSA) is 65.6 Å². The quantitative estimate of drug-likeness (QED) is 0.440. The second-order valence-corrected chi connectivity index (χ2v) is 8.72. The fourth-order valence-electron chi connectivity index (χ4n) is 4.31. The van der Waals surface area contributed by atoms with Gasteiger partial charge in [-0.25, -0.2) is 0 Å². The highest BCUT2D eigenvalue weighted by atomic mass is 32.2. The number of benzene rings is 2. The van der Waals surface area contributed by atoms with E-state index in [1.807, 2.05) is 47.9 Å². The Labute approximate surface area is 179 Å². The number of aromatic nitrogens is 5. The molecule has 0 spiro atoms. The van der Waals surface area contributed by atoms with E-state index in [0.29, 0.717) is 11.6 Å². The van der Waals surface area contributed by atoms with Crippen LogP contribution in [0.5, 0.6) is 0 Å². The zero-order valence-electron chi connectivity index (χ0n) is 16.9. The highest BCUT2D eigenvalue weighted by molar-refractivity contribution is 8.00. The van der Waals surface area contributed by atoms with Gasteiger partial charge < -0.3 is 0 Å². The third-order valence-corrected chi connectivity index (χ3v) is 7.02. The number of aryl methyl sites for hydroxylation is 1. The standard InChI is InChI=1S/C23H23N5OS/c1-2-21(30-23-24-25-26-28(23)16-10-4-3-5-11-16)22(29)27-19-14-8-6-12-17(19)18-13-7-9-15-20(18)27/h3-6,8,10-12,14,21H,2,7,9,13,15H2,1H3. The van der Waals surface area contributed by atoms with E-state index in [2.05, 4.69) is 33.7 Å². The van der Waals surface area contributed by atoms with Crippen LogP contribution in [0.15, 0.2) is 59.8 Å². The van der Waals surface area contributed by atoms with Crippen LogP contribution in [0.1, 0.15) is 42.2 Å². The fraction of sp³-hybridized carbons (Fsp3) is 0.304. The van der Waals surface area contributed by atoms with Gasteiger partial charge in [-0.2, -0.15) is 4.68 Å². The van der Waals surface area contributed by atoms with E-state index in [0.717, 1.165) is 30.5 Å². The average molecular weight is 418 g/mol. The molecule has 30 heavy (non-hydrogen) atoms. The zero-order chi connectivity index (χ0) is 20.5. The summed E-state index contributed by atoms with van der Waals surface area (Å²) >= 11 is 1.44. The summed E-state index contributed by atoms with van der Waals surface area (Å²) in [5, 5.41) is 13.8. The fourth-order valence-corrected chi connectivity index (χ4v) is 5.26. The first-order valence-corrected chi connectivity index (χ1v) is 11.3. The molecule has 1 unspecified atom stereocenters. The Kier molecular flexibility index (Phi) is 5.12. The summed E-state index contributed by atoms with van der Waals surface area (Å²) in [5.41, 5.74) is 4.44. The van der Waals surface area contributed by atoms with Crippen LogP contribution in [0, 0.1) is 0 Å². The summed E-state index contributed by atoms with van der Waals surface area (Å²) in [7, 11) is 0. The van der Waals surface area contributed by atoms with Gasteiger partial charge in [0, 0.05) is 11.1 Å². The molecule has 7 heteroatoms. The molecule has 2 aromatic carbocycles. The lowest BCUT2D eigenvalue weighted by Gasteiger charge is -2.19. The van der Waals surface area contributed by atoms with Crippen LogP contribution in [0.25, 0.3) is 16.6 Å². The van der Waals surface area contributed by atoms with E-state index < -0.39 is 0 Å². The normalized spacial score (nSPS) is 14.6. The maximum Gasteiger partial charge on any atom is 0.244 e. The summed E-state index contributed by atoms with van der Waals surface area (Å²) in [6.07, 6.45) is 5.02. The maximum atomic E-state index is 13.8. The molecule has 0 saturated heterocycles. The Morgan fingerprint density at radius 3 is 2.67 bits per heavy atom. The van der Waals surface area contributed by atoms with Crippen LogP contribution in [-0.4, -0.2) is 35.9 Å². The molecule has 1 atom stereocenters. The van der Waals surface area contributed by atoms with Gasteiger partial charge in [0.2, 0.25) is 11.1 Å². The number of hydrogen-bond acceptors (Lipinski definition) is 5. The first-order valence-electron chi connectivity index (χ1n) is 10.4. The Morgan fingerprint density at radius 2 is 1.83 bits per heavy atom. The van der Waals surface area contributed by atoms with Gasteiger partial charge in [0.1, 0.15) is 0 Å². The van der Waals surface area contributed by atoms with Crippen LogP contribution >= 0.6 is 11.8 Å². The third kappa shape index (κ3) is 3.23. The van der Waals surface area contributed by atoms with Crippen molar-refractivity contribution in [3.05, 3.63) is 65.9 Å². The molecular formula is C23H23N5OS. The lowest BCUT2D eigenvalue weighted by molar-refractivity contribution is 0.0910. The van der Waals surface area contributed by atoms with Crippen molar-refractivity contribution in [3.8, 4) is 5.69 Å². The Hall–Kier alpha value is -2.93. The van der Waals surface area contributed by atoms with E-state index in [1.165, 1.54) is 34.8 Å². The van der Waals surface area contributed by atoms with E-state index in [9.17, 15) is 4.79 Å². The smallest absolute Gasteiger partial charge is 0.244 e. The van der Waals surface area contributed by atoms with Crippen molar-refractivity contribution in [1.29, 1.82) is 0 Å². The number of rotatable bonds is 5. The molecule has 1 aliphatic rings. The number of carbonyl (C=O) groups excluding carboxylic acids is 1. The highest BCUT2D eigenvalue weighted by Crippen LogP contribution is 2.34. The molecule has 4 aromatic rings. The number of fused-ring (bicyclic) bond motifs is 3. The molecule has 0 amide bonds. The van der Waals surface area contributed by atoms with E-state index in [4.69, 9.17) is 0 Å². The molecule has 6 nitrogen and oxygen atoms in total. The molecule has 1 aliphatic carbocycles. The minimum atomic E-state index is -0.264. The first kappa shape index (κ1) is 19.1. The maximum absolute atomic E-state index is 13.8. The Balaban J connectivity index is 1.52. The number of nitrogens with zero attached hydrogens (tertiary/aromatic N) is 5. The van der Waals surface area contributed by atoms with Gasteiger partial charge >= 0.3 is 0 Å². The minimum Gasteiger partial charge on any atom is -0.283 e. The summed E-state index contributed by atoms with van der Waals surface area (Å²) < 4.78 is 3.67. The van der Waals surface area contributed by atoms with E-state index >= 15 is 0 Å². The van der Waals surface area contributed by atoms with E-state index in [-0.39, 0.29) is 11.2 Å². The Morgan fingerprint density at radius 1 is 1.07 bits per heavy atom. The summed E-state index contributed by atoms with van der Waals surface area (Å²) in [5.74, 6) is 0.115. The third-order valence-electron chi connectivity index (χ3n) is 5.73. The van der Waals surface area contributed by atoms with Gasteiger partial charge in [-0.1, -0.05) is 55.1 Å². The predicted molar refractivity (Wildman–Crippen MR) is 118 cm³/mol. The van der Waals surface area contributed by atoms with Crippen LogP contribution in [0.4, 0.5) is 0 Å². The first-order chi connectivity index (χ1) is 14.8. The highest BCUT2D eigenvalue weighted by Gasteiger charge is 2.29. The molecular weight excluding hydrogens is 394 g/mol. The molecule has 152 valence electrons. The van der Waals surface area contributed by atoms with Gasteiger partial charge in [0.25, 0.3) is 0 Å². The van der Waals surface area contributed by atoms with Gasteiger partial charge in [-0.15, -0.1) is 5.10 Å². The van der Waals surface area contributed by atoms with Gasteiger partial charge in [-0.05, 0) is 66.3 Å². The second-order valence-electron chi connectivity index (χ2n) is 7.55. The zero-order valence-corrected chi connectivity index (χ0v) is 17.7. The Bertz CT molecular complexity index is 1200. The van der Waals surface area contributed by atoms with Crippen molar-refractivity contribution in [2.75, 3.05) is 0 Å². The monoisotopic (exact) mass is 417 g/mol. The van der Waals surface area contributed by atoms with Crippen LogP contribution in [0.2, 0.25) is 0 Å². The van der Waals surface area contributed by atoms with Crippen LogP contribution in [0.3, 0.4) is 0 Å². The molecule has 0 radical (unpaired) electrons. The number of hydrogen-bond donors (Lipinski definition) is 0. The molecule has 5 rings (SSSR count). The molecule has 2 aromatic heterocycles. The summed E-state index contributed by atoms with van der Waals surface area (Å²) in [6, 6.07) is 18.1. The summed E-state index contributed by atoms with van der Waals surface area (Å²) in [4.78, 5) is 13.8. The molecule has 0 saturated carbocycles. The van der Waals surface area contributed by atoms with Gasteiger partial charge in [0.15, 0.2) is 0 Å². The van der Waals surface area contributed by atoms with Crippen molar-refractivity contribution in [2.45, 2.75) is 49.4 Å². The van der Waals surface area contributed by atoms with Gasteiger partial charge in [0.05, 0.1) is 16.5 Å². The molecule has 2 heterocycles. The van der Waals surface area contributed by atoms with Crippen molar-refractivity contribution >= 4 is 28.6 Å². The number of para-hydroxylation sites is 2. The van der Waals surface area contributed by atoms with Crippen LogP contribution < -0.4 is 0 Å². The van der Waals surface area contributed by atoms with Crippen molar-refractivity contribution in [1.82, 2.24) is 24.8 Å². The largest absolute Gasteiger partial charge is 0.283 e. The number of thioether (sulfide) groups is 1. The van der Waals surface area contributed by atoms with Crippen molar-refractivity contribution in [2.24, 2.45) is 0 Å². The van der Waals surface area contributed by atoms with Crippen molar-refractivity contribution in [3.63, 3.8) is 0 Å². The molecule has 0 bridgehead atoms. The molecule has 0 N–H and O–H groups in total. The SMILES string of the molecule is CCC(Sc1nnnn1-c1ccccc1)C(=O)n1c2c(c3ccccc31)CCCC2.